The van der Waals surface area contributed by atoms with Crippen molar-refractivity contribution >= 4 is 35.2 Å². The molecule has 0 bridgehead atoms. The van der Waals surface area contributed by atoms with Gasteiger partial charge in [-0.15, -0.1) is 10.2 Å². The number of aromatic nitrogens is 3. The second kappa shape index (κ2) is 10.8. The summed E-state index contributed by atoms with van der Waals surface area (Å²) < 4.78 is 7.24. The number of aryl methyl sites for hydroxylation is 1. The van der Waals surface area contributed by atoms with E-state index in [9.17, 15) is 9.59 Å². The Morgan fingerprint density at radius 3 is 2.80 bits per heavy atom. The standard InChI is InChI=1S/C20H22ClN5O3S/c21-15-4-1-3-14(11-15)8-9-23-19(28)13-30-20-25-24-18(7-6-17(22)27)26(20)12-16-5-2-10-29-16/h1-5,10-11H,6-9,12-13H2,(H2,22,27)(H,23,28). The second-order valence-corrected chi connectivity index (χ2v) is 7.93. The van der Waals surface area contributed by atoms with Gasteiger partial charge in [0, 0.05) is 24.4 Å². The maximum Gasteiger partial charge on any atom is 0.230 e. The molecule has 10 heteroatoms. The van der Waals surface area contributed by atoms with E-state index in [-0.39, 0.29) is 18.1 Å². The third-order valence-corrected chi connectivity index (χ3v) is 5.44. The number of halogens is 1. The van der Waals surface area contributed by atoms with Crippen LogP contribution in [-0.4, -0.2) is 38.9 Å². The maximum atomic E-state index is 12.2. The summed E-state index contributed by atoms with van der Waals surface area (Å²) in [6.07, 6.45) is 2.83. The normalized spacial score (nSPS) is 10.8. The first-order chi connectivity index (χ1) is 14.5. The highest BCUT2D eigenvalue weighted by Crippen LogP contribution is 2.20. The van der Waals surface area contributed by atoms with Crippen molar-refractivity contribution in [1.29, 1.82) is 0 Å². The van der Waals surface area contributed by atoms with Gasteiger partial charge in [-0.1, -0.05) is 35.5 Å². The Kier molecular flexibility index (Phi) is 7.92. The number of nitrogens with zero attached hydrogens (tertiary/aromatic N) is 3. The lowest BCUT2D eigenvalue weighted by molar-refractivity contribution is -0.119. The Morgan fingerprint density at radius 2 is 2.07 bits per heavy atom. The molecule has 8 nitrogen and oxygen atoms in total. The Bertz CT molecular complexity index is 990. The van der Waals surface area contributed by atoms with Crippen molar-refractivity contribution < 1.29 is 14.0 Å². The largest absolute Gasteiger partial charge is 0.467 e. The molecule has 158 valence electrons. The van der Waals surface area contributed by atoms with Crippen LogP contribution in [-0.2, 0) is 29.0 Å². The van der Waals surface area contributed by atoms with Crippen molar-refractivity contribution in [3.63, 3.8) is 0 Å². The molecule has 0 spiro atoms. The molecular weight excluding hydrogens is 426 g/mol. The van der Waals surface area contributed by atoms with Gasteiger partial charge in [-0.2, -0.15) is 0 Å². The quantitative estimate of drug-likeness (QED) is 0.436. The third kappa shape index (κ3) is 6.64. The lowest BCUT2D eigenvalue weighted by Crippen LogP contribution is -2.27. The van der Waals surface area contributed by atoms with E-state index in [1.807, 2.05) is 34.9 Å². The SMILES string of the molecule is NC(=O)CCc1nnc(SCC(=O)NCCc2cccc(Cl)c2)n1Cc1ccco1. The highest BCUT2D eigenvalue weighted by Gasteiger charge is 2.16. The zero-order chi connectivity index (χ0) is 21.3. The number of hydrogen-bond acceptors (Lipinski definition) is 6. The smallest absolute Gasteiger partial charge is 0.230 e. The fourth-order valence-electron chi connectivity index (χ4n) is 2.78. The zero-order valence-corrected chi connectivity index (χ0v) is 17.8. The molecule has 0 aliphatic heterocycles. The van der Waals surface area contributed by atoms with Gasteiger partial charge in [-0.25, -0.2) is 0 Å². The lowest BCUT2D eigenvalue weighted by Gasteiger charge is -2.09. The Labute approximate surface area is 183 Å². The number of nitrogens with one attached hydrogen (secondary N) is 1. The van der Waals surface area contributed by atoms with Crippen LogP contribution in [0.2, 0.25) is 5.02 Å². The van der Waals surface area contributed by atoms with Crippen LogP contribution in [0.25, 0.3) is 0 Å². The van der Waals surface area contributed by atoms with Crippen molar-refractivity contribution in [3.05, 3.63) is 64.8 Å². The van der Waals surface area contributed by atoms with Gasteiger partial charge in [0.05, 0.1) is 18.6 Å². The minimum atomic E-state index is -0.407. The lowest BCUT2D eigenvalue weighted by atomic mass is 10.1. The number of carbonyl (C=O) groups is 2. The minimum Gasteiger partial charge on any atom is -0.467 e. The first-order valence-corrected chi connectivity index (χ1v) is 10.7. The van der Waals surface area contributed by atoms with Crippen molar-refractivity contribution in [1.82, 2.24) is 20.1 Å². The van der Waals surface area contributed by atoms with Crippen molar-refractivity contribution in [3.8, 4) is 0 Å². The van der Waals surface area contributed by atoms with E-state index in [4.69, 9.17) is 21.8 Å². The number of hydrogen-bond donors (Lipinski definition) is 2. The first kappa shape index (κ1) is 21.9. The number of furan rings is 1. The Morgan fingerprint density at radius 1 is 1.20 bits per heavy atom. The molecule has 0 atom stereocenters. The van der Waals surface area contributed by atoms with Gasteiger partial charge < -0.3 is 15.5 Å². The van der Waals surface area contributed by atoms with Crippen molar-refractivity contribution in [2.24, 2.45) is 5.73 Å². The molecular formula is C20H22ClN5O3S. The van der Waals surface area contributed by atoms with Gasteiger partial charge in [0.2, 0.25) is 11.8 Å². The van der Waals surface area contributed by atoms with E-state index >= 15 is 0 Å². The summed E-state index contributed by atoms with van der Waals surface area (Å²) in [5.74, 6) is 1.03. The topological polar surface area (TPSA) is 116 Å². The Balaban J connectivity index is 1.55. The number of thioether (sulfide) groups is 1. The predicted molar refractivity (Wildman–Crippen MR) is 114 cm³/mol. The van der Waals surface area contributed by atoms with E-state index in [1.54, 1.807) is 12.3 Å². The minimum absolute atomic E-state index is 0.103. The fourth-order valence-corrected chi connectivity index (χ4v) is 3.78. The molecule has 0 unspecified atom stereocenters. The summed E-state index contributed by atoms with van der Waals surface area (Å²) in [5.41, 5.74) is 6.31. The first-order valence-electron chi connectivity index (χ1n) is 9.38. The van der Waals surface area contributed by atoms with Gasteiger partial charge in [-0.05, 0) is 36.2 Å². The molecule has 30 heavy (non-hydrogen) atoms. The van der Waals surface area contributed by atoms with Crippen LogP contribution in [0.5, 0.6) is 0 Å². The van der Waals surface area contributed by atoms with Gasteiger partial charge in [0.1, 0.15) is 11.6 Å². The summed E-state index contributed by atoms with van der Waals surface area (Å²) >= 11 is 7.25. The van der Waals surface area contributed by atoms with Crippen molar-refractivity contribution in [2.45, 2.75) is 31.0 Å². The monoisotopic (exact) mass is 447 g/mol. The number of amides is 2. The highest BCUT2D eigenvalue weighted by atomic mass is 35.5. The number of nitrogens with two attached hydrogens (primary N) is 1. The van der Waals surface area contributed by atoms with Crippen LogP contribution in [0, 0.1) is 0 Å². The average molecular weight is 448 g/mol. The van der Waals surface area contributed by atoms with Crippen LogP contribution in [0.3, 0.4) is 0 Å². The zero-order valence-electron chi connectivity index (χ0n) is 16.2. The molecule has 0 saturated carbocycles. The average Bonchev–Trinajstić information content (AvgIpc) is 3.35. The summed E-state index contributed by atoms with van der Waals surface area (Å²) in [7, 11) is 0. The van der Waals surface area contributed by atoms with E-state index in [0.29, 0.717) is 41.9 Å². The maximum absolute atomic E-state index is 12.2. The van der Waals surface area contributed by atoms with Crippen LogP contribution in [0.4, 0.5) is 0 Å². The number of benzene rings is 1. The summed E-state index contributed by atoms with van der Waals surface area (Å²) in [6.45, 7) is 0.926. The van der Waals surface area contributed by atoms with Crippen LogP contribution >= 0.6 is 23.4 Å². The number of carbonyl (C=O) groups excluding carboxylic acids is 2. The molecule has 2 amide bonds. The van der Waals surface area contributed by atoms with Gasteiger partial charge in [-0.3, -0.25) is 14.2 Å². The molecule has 2 aromatic heterocycles. The van der Waals surface area contributed by atoms with E-state index in [2.05, 4.69) is 15.5 Å². The van der Waals surface area contributed by atoms with E-state index in [0.717, 1.165) is 11.3 Å². The highest BCUT2D eigenvalue weighted by molar-refractivity contribution is 7.99. The van der Waals surface area contributed by atoms with E-state index in [1.165, 1.54) is 11.8 Å². The molecule has 0 radical (unpaired) electrons. The van der Waals surface area contributed by atoms with Gasteiger partial charge in [0.25, 0.3) is 0 Å². The molecule has 0 aliphatic rings. The molecule has 0 saturated heterocycles. The predicted octanol–water partition coefficient (Wildman–Crippen LogP) is 2.44. The van der Waals surface area contributed by atoms with Gasteiger partial charge >= 0.3 is 0 Å². The van der Waals surface area contributed by atoms with Gasteiger partial charge in [0.15, 0.2) is 5.16 Å². The summed E-state index contributed by atoms with van der Waals surface area (Å²) in [4.78, 5) is 23.4. The second-order valence-electron chi connectivity index (χ2n) is 6.55. The summed E-state index contributed by atoms with van der Waals surface area (Å²) in [6, 6.07) is 11.2. The van der Waals surface area contributed by atoms with Crippen LogP contribution < -0.4 is 11.1 Å². The third-order valence-electron chi connectivity index (χ3n) is 4.24. The Hall–Kier alpha value is -2.78. The molecule has 0 fully saturated rings. The fraction of sp³-hybridized carbons (Fsp3) is 0.300. The molecule has 0 aliphatic carbocycles. The van der Waals surface area contributed by atoms with Crippen molar-refractivity contribution in [2.75, 3.05) is 12.3 Å². The van der Waals surface area contributed by atoms with E-state index < -0.39 is 5.91 Å². The molecule has 2 heterocycles. The molecule has 3 aromatic rings. The summed E-state index contributed by atoms with van der Waals surface area (Å²) in [5, 5.41) is 12.5. The number of primary amides is 1. The molecule has 1 aromatic carbocycles. The number of rotatable bonds is 11. The van der Waals surface area contributed by atoms with Crippen LogP contribution in [0.15, 0.2) is 52.2 Å². The molecule has 3 rings (SSSR count). The molecule has 3 N–H and O–H groups in total. The van der Waals surface area contributed by atoms with Crippen LogP contribution in [0.1, 0.15) is 23.6 Å².